The van der Waals surface area contributed by atoms with Crippen LogP contribution in [0.2, 0.25) is 0 Å². The van der Waals surface area contributed by atoms with Gasteiger partial charge in [0.05, 0.1) is 5.41 Å². The van der Waals surface area contributed by atoms with Gasteiger partial charge in [0, 0.05) is 0 Å². The molecule has 0 aromatic heterocycles. The van der Waals surface area contributed by atoms with Crippen LogP contribution in [-0.4, -0.2) is 11.1 Å². The van der Waals surface area contributed by atoms with Gasteiger partial charge in [0.2, 0.25) is 0 Å². The van der Waals surface area contributed by atoms with Crippen molar-refractivity contribution < 1.29 is 9.90 Å². The van der Waals surface area contributed by atoms with Crippen LogP contribution in [0, 0.1) is 24.7 Å². The van der Waals surface area contributed by atoms with E-state index in [1.807, 2.05) is 0 Å². The first-order valence-corrected chi connectivity index (χ1v) is 11.2. The van der Waals surface area contributed by atoms with Gasteiger partial charge in [-0.3, -0.25) is 4.79 Å². The molecule has 27 heavy (non-hydrogen) atoms. The molecule has 0 atom stereocenters. The van der Waals surface area contributed by atoms with Gasteiger partial charge >= 0.3 is 5.97 Å². The summed E-state index contributed by atoms with van der Waals surface area (Å²) in [5, 5.41) is 9.29. The lowest BCUT2D eigenvalue weighted by atomic mass is 9.90. The highest BCUT2D eigenvalue weighted by Gasteiger charge is 2.49. The van der Waals surface area contributed by atoms with Crippen molar-refractivity contribution in [2.45, 2.75) is 104 Å². The zero-order valence-corrected chi connectivity index (χ0v) is 17.7. The smallest absolute Gasteiger partial charge is 0.309 e. The zero-order chi connectivity index (χ0) is 19.5. The number of hydrogen-bond acceptors (Lipinski definition) is 1. The number of rotatable bonds is 12. The van der Waals surface area contributed by atoms with E-state index in [0.717, 1.165) is 38.5 Å². The average Bonchev–Trinajstić information content (AvgIpc) is 3.51. The van der Waals surface area contributed by atoms with E-state index in [9.17, 15) is 9.90 Å². The Morgan fingerprint density at radius 3 is 2.22 bits per heavy atom. The summed E-state index contributed by atoms with van der Waals surface area (Å²) in [5.74, 6) is -0.570. The second-order valence-corrected chi connectivity index (χ2v) is 9.88. The van der Waals surface area contributed by atoms with Crippen LogP contribution in [0.25, 0.3) is 0 Å². The molecule has 0 aliphatic heterocycles. The molecule has 2 nitrogen and oxygen atoms in total. The van der Waals surface area contributed by atoms with Gasteiger partial charge < -0.3 is 5.11 Å². The second kappa shape index (κ2) is 8.37. The Balaban J connectivity index is 1.45. The van der Waals surface area contributed by atoms with Gasteiger partial charge in [0.25, 0.3) is 0 Å². The van der Waals surface area contributed by atoms with Crippen LogP contribution in [-0.2, 0) is 17.6 Å². The van der Waals surface area contributed by atoms with Crippen LogP contribution in [0.15, 0.2) is 12.1 Å². The second-order valence-electron chi connectivity index (χ2n) is 9.88. The van der Waals surface area contributed by atoms with Crippen LogP contribution >= 0.6 is 0 Å². The number of aryl methyl sites for hydroxylation is 3. The summed E-state index contributed by atoms with van der Waals surface area (Å²) in [4.78, 5) is 11.3. The fourth-order valence-electron chi connectivity index (χ4n) is 4.66. The number of benzene rings is 1. The Labute approximate surface area is 165 Å². The molecule has 0 saturated heterocycles. The lowest BCUT2D eigenvalue weighted by Crippen LogP contribution is -2.14. The summed E-state index contributed by atoms with van der Waals surface area (Å²) >= 11 is 0. The molecule has 1 aromatic carbocycles. The van der Waals surface area contributed by atoms with E-state index in [-0.39, 0.29) is 5.41 Å². The summed E-state index contributed by atoms with van der Waals surface area (Å²) < 4.78 is 0. The molecule has 3 rings (SSSR count). The zero-order valence-electron chi connectivity index (χ0n) is 17.7. The minimum atomic E-state index is -0.570. The maximum absolute atomic E-state index is 11.3. The van der Waals surface area contributed by atoms with Crippen molar-refractivity contribution in [3.05, 3.63) is 34.4 Å². The van der Waals surface area contributed by atoms with Crippen LogP contribution in [0.4, 0.5) is 0 Å². The molecule has 0 radical (unpaired) electrons. The molecule has 2 heteroatoms. The predicted molar refractivity (Wildman–Crippen MR) is 112 cm³/mol. The van der Waals surface area contributed by atoms with Crippen molar-refractivity contribution in [2.24, 2.45) is 10.8 Å². The standard InChI is InChI=1S/C25H38O2/c1-19-17-20(2)22(10-6-8-11-24(3)13-14-24)21(18-19)9-5-4-7-12-25(15-16-25)23(26)27/h17-18H,4-16H2,1-3H3,(H,26,27). The largest absolute Gasteiger partial charge is 0.481 e. The van der Waals surface area contributed by atoms with Gasteiger partial charge in [0.1, 0.15) is 0 Å². The van der Waals surface area contributed by atoms with Gasteiger partial charge in [0.15, 0.2) is 0 Å². The van der Waals surface area contributed by atoms with E-state index in [1.54, 1.807) is 11.1 Å². The number of unbranched alkanes of at least 4 members (excludes halogenated alkanes) is 3. The highest BCUT2D eigenvalue weighted by atomic mass is 16.4. The third-order valence-electron chi connectivity index (χ3n) is 7.18. The first-order chi connectivity index (χ1) is 12.8. The molecule has 2 fully saturated rings. The molecule has 0 bridgehead atoms. The first kappa shape index (κ1) is 20.4. The maximum atomic E-state index is 11.3. The molecule has 0 spiro atoms. The van der Waals surface area contributed by atoms with Gasteiger partial charge in [-0.15, -0.1) is 0 Å². The van der Waals surface area contributed by atoms with Gasteiger partial charge in [-0.2, -0.15) is 0 Å². The molecular weight excluding hydrogens is 332 g/mol. The summed E-state index contributed by atoms with van der Waals surface area (Å²) in [6.07, 6.45) is 15.4. The molecule has 2 saturated carbocycles. The number of hydrogen-bond donors (Lipinski definition) is 1. The molecule has 0 heterocycles. The fourth-order valence-corrected chi connectivity index (χ4v) is 4.66. The molecule has 1 aromatic rings. The summed E-state index contributed by atoms with van der Waals surface area (Å²) in [5.41, 5.74) is 6.31. The van der Waals surface area contributed by atoms with Crippen molar-refractivity contribution in [1.29, 1.82) is 0 Å². The van der Waals surface area contributed by atoms with Crippen molar-refractivity contribution in [3.63, 3.8) is 0 Å². The van der Waals surface area contributed by atoms with Gasteiger partial charge in [-0.25, -0.2) is 0 Å². The van der Waals surface area contributed by atoms with Crippen molar-refractivity contribution in [2.75, 3.05) is 0 Å². The van der Waals surface area contributed by atoms with Crippen molar-refractivity contribution >= 4 is 5.97 Å². The predicted octanol–water partition coefficient (Wildman–Crippen LogP) is 6.78. The number of carbonyl (C=O) groups is 1. The maximum Gasteiger partial charge on any atom is 0.309 e. The van der Waals surface area contributed by atoms with Gasteiger partial charge in [-0.1, -0.05) is 43.9 Å². The van der Waals surface area contributed by atoms with E-state index in [4.69, 9.17) is 0 Å². The molecule has 1 N–H and O–H groups in total. The summed E-state index contributed by atoms with van der Waals surface area (Å²) in [6.45, 7) is 6.92. The van der Waals surface area contributed by atoms with Gasteiger partial charge in [-0.05, 0) is 100 Å². The van der Waals surface area contributed by atoms with E-state index >= 15 is 0 Å². The van der Waals surface area contributed by atoms with E-state index in [2.05, 4.69) is 32.9 Å². The van der Waals surface area contributed by atoms with E-state index in [0.29, 0.717) is 5.41 Å². The number of carboxylic acids is 1. The third kappa shape index (κ3) is 5.59. The number of aliphatic carboxylic acids is 1. The number of carboxylic acid groups (broad SMARTS) is 1. The monoisotopic (exact) mass is 370 g/mol. The first-order valence-electron chi connectivity index (χ1n) is 11.2. The Hall–Kier alpha value is -1.31. The lowest BCUT2D eigenvalue weighted by Gasteiger charge is -2.15. The summed E-state index contributed by atoms with van der Waals surface area (Å²) in [7, 11) is 0. The quantitative estimate of drug-likeness (QED) is 0.412. The minimum Gasteiger partial charge on any atom is -0.481 e. The Kier molecular flexibility index (Phi) is 6.33. The Morgan fingerprint density at radius 1 is 0.926 bits per heavy atom. The van der Waals surface area contributed by atoms with E-state index < -0.39 is 5.97 Å². The topological polar surface area (TPSA) is 37.3 Å². The minimum absolute atomic E-state index is 0.344. The van der Waals surface area contributed by atoms with Crippen LogP contribution < -0.4 is 0 Å². The molecule has 2 aliphatic rings. The molecule has 0 unspecified atom stereocenters. The lowest BCUT2D eigenvalue weighted by molar-refractivity contribution is -0.143. The summed E-state index contributed by atoms with van der Waals surface area (Å²) in [6, 6.07) is 4.73. The molecular formula is C25H38O2. The SMILES string of the molecule is Cc1cc(C)c(CCCCC2(C)CC2)c(CCCCCC2(C(=O)O)CC2)c1. The van der Waals surface area contributed by atoms with Crippen LogP contribution in [0.5, 0.6) is 0 Å². The highest BCUT2D eigenvalue weighted by molar-refractivity contribution is 5.77. The van der Waals surface area contributed by atoms with Crippen molar-refractivity contribution in [3.8, 4) is 0 Å². The Bertz CT molecular complexity index is 665. The average molecular weight is 371 g/mol. The highest BCUT2D eigenvalue weighted by Crippen LogP contribution is 2.50. The van der Waals surface area contributed by atoms with Crippen LogP contribution in [0.3, 0.4) is 0 Å². The van der Waals surface area contributed by atoms with E-state index in [1.165, 1.54) is 56.1 Å². The fraction of sp³-hybridized carbons (Fsp3) is 0.720. The molecule has 2 aliphatic carbocycles. The normalized spacial score (nSPS) is 19.1. The Morgan fingerprint density at radius 2 is 1.59 bits per heavy atom. The molecule has 150 valence electrons. The van der Waals surface area contributed by atoms with Crippen LogP contribution in [0.1, 0.15) is 99.8 Å². The third-order valence-corrected chi connectivity index (χ3v) is 7.18. The van der Waals surface area contributed by atoms with Crippen molar-refractivity contribution in [1.82, 2.24) is 0 Å². The molecule has 0 amide bonds.